The molecular formula is C55H37N. The van der Waals surface area contributed by atoms with Crippen LogP contribution in [0.1, 0.15) is 17.5 Å². The van der Waals surface area contributed by atoms with Gasteiger partial charge in [-0.15, -0.1) is 0 Å². The highest BCUT2D eigenvalue weighted by atomic mass is 14.5. The molecule has 0 saturated carbocycles. The van der Waals surface area contributed by atoms with Crippen LogP contribution in [0.25, 0.3) is 99.1 Å². The van der Waals surface area contributed by atoms with E-state index in [0.717, 1.165) is 12.1 Å². The van der Waals surface area contributed by atoms with Gasteiger partial charge in [0.15, 0.2) is 0 Å². The normalized spacial score (nSPS) is 13.1. The van der Waals surface area contributed by atoms with Crippen molar-refractivity contribution in [3.05, 3.63) is 211 Å². The monoisotopic (exact) mass is 711 g/mol. The zero-order valence-corrected chi connectivity index (χ0v) is 30.8. The number of hydrogen-bond acceptors (Lipinski definition) is 1. The highest BCUT2D eigenvalue weighted by Crippen LogP contribution is 2.58. The highest BCUT2D eigenvalue weighted by Gasteiger charge is 2.31. The summed E-state index contributed by atoms with van der Waals surface area (Å²) in [6, 6.07) is 64.4. The summed E-state index contributed by atoms with van der Waals surface area (Å²) in [6.07, 6.45) is 10.0. The Balaban J connectivity index is 1.15. The van der Waals surface area contributed by atoms with Crippen molar-refractivity contribution in [2.24, 2.45) is 0 Å². The first-order valence-corrected chi connectivity index (χ1v) is 19.5. The van der Waals surface area contributed by atoms with Crippen LogP contribution in [0.3, 0.4) is 0 Å². The van der Waals surface area contributed by atoms with Gasteiger partial charge in [0.25, 0.3) is 0 Å². The summed E-state index contributed by atoms with van der Waals surface area (Å²) in [5.74, 6) is 0. The maximum atomic E-state index is 6.04. The number of anilines is 1. The Labute approximate surface area is 327 Å². The number of hydrogen-bond donors (Lipinski definition) is 1. The average Bonchev–Trinajstić information content (AvgIpc) is 3.39. The molecule has 0 unspecified atom stereocenters. The molecule has 2 aliphatic rings. The molecule has 0 aliphatic heterocycles. The quantitative estimate of drug-likeness (QED) is 0.177. The average molecular weight is 712 g/mol. The van der Waals surface area contributed by atoms with E-state index in [4.69, 9.17) is 5.73 Å². The van der Waals surface area contributed by atoms with Crippen molar-refractivity contribution in [3.63, 3.8) is 0 Å². The van der Waals surface area contributed by atoms with Gasteiger partial charge in [0.05, 0.1) is 0 Å². The van der Waals surface area contributed by atoms with E-state index in [1.165, 1.54) is 110 Å². The van der Waals surface area contributed by atoms with Crippen molar-refractivity contribution in [2.45, 2.75) is 6.42 Å². The molecule has 262 valence electrons. The standard InChI is InChI=1S/C55H37N/c56-40-28-26-35(27-29-40)38-18-7-8-19-39(34-38)41-30-31-44(43-21-10-9-20-42(41)43)45-32-33-50-53-46(45)24-13-25-49(53)54-51(36-14-3-1-4-15-36)47-22-11-12-23-48(47)52(55(50)54)37-16-5-2-6-17-37/h1-6,8-34H,7,56H2. The zero-order chi connectivity index (χ0) is 37.2. The second kappa shape index (κ2) is 13.0. The number of nitrogen functional groups attached to an aromatic ring is 1. The summed E-state index contributed by atoms with van der Waals surface area (Å²) in [4.78, 5) is 0. The van der Waals surface area contributed by atoms with E-state index in [1.807, 2.05) is 12.1 Å². The fraction of sp³-hybridized carbons (Fsp3) is 0.0182. The van der Waals surface area contributed by atoms with Gasteiger partial charge in [-0.2, -0.15) is 0 Å². The molecule has 11 rings (SSSR count). The molecule has 1 heteroatoms. The van der Waals surface area contributed by atoms with Gasteiger partial charge in [0.2, 0.25) is 0 Å². The molecule has 0 radical (unpaired) electrons. The zero-order valence-electron chi connectivity index (χ0n) is 30.8. The summed E-state index contributed by atoms with van der Waals surface area (Å²) in [5, 5.41) is 7.65. The number of allylic oxidation sites excluding steroid dienone is 6. The summed E-state index contributed by atoms with van der Waals surface area (Å²) in [7, 11) is 0. The Hall–Kier alpha value is -7.22. The lowest BCUT2D eigenvalue weighted by molar-refractivity contribution is 1.40. The Kier molecular flexibility index (Phi) is 7.47. The number of rotatable bonds is 5. The first-order chi connectivity index (χ1) is 27.7. The molecule has 2 aliphatic carbocycles. The summed E-state index contributed by atoms with van der Waals surface area (Å²) in [6.45, 7) is 0. The number of fused-ring (bicyclic) bond motifs is 5. The highest BCUT2D eigenvalue weighted by molar-refractivity contribution is 6.29. The van der Waals surface area contributed by atoms with Crippen molar-refractivity contribution in [3.8, 4) is 55.6 Å². The van der Waals surface area contributed by atoms with E-state index < -0.39 is 0 Å². The first kappa shape index (κ1) is 32.2. The summed E-state index contributed by atoms with van der Waals surface area (Å²) < 4.78 is 0. The second-order valence-electron chi connectivity index (χ2n) is 14.9. The minimum atomic E-state index is 0.778. The molecule has 0 amide bonds. The molecule has 56 heavy (non-hydrogen) atoms. The third-order valence-electron chi connectivity index (χ3n) is 11.8. The van der Waals surface area contributed by atoms with Crippen LogP contribution in [0.2, 0.25) is 0 Å². The van der Waals surface area contributed by atoms with Gasteiger partial charge in [-0.3, -0.25) is 0 Å². The van der Waals surface area contributed by atoms with Crippen LogP contribution in [0, 0.1) is 0 Å². The lowest BCUT2D eigenvalue weighted by atomic mass is 9.82. The van der Waals surface area contributed by atoms with Crippen molar-refractivity contribution in [1.82, 2.24) is 0 Å². The van der Waals surface area contributed by atoms with Crippen LogP contribution >= 0.6 is 0 Å². The molecule has 0 heterocycles. The van der Waals surface area contributed by atoms with Crippen molar-refractivity contribution in [2.75, 3.05) is 5.73 Å². The third kappa shape index (κ3) is 5.02. The second-order valence-corrected chi connectivity index (χ2v) is 14.9. The fourth-order valence-electron chi connectivity index (χ4n) is 9.34. The topological polar surface area (TPSA) is 26.0 Å². The lowest BCUT2D eigenvalue weighted by Crippen LogP contribution is -1.93. The number of nitrogens with two attached hydrogens (primary N) is 1. The minimum absolute atomic E-state index is 0.778. The van der Waals surface area contributed by atoms with E-state index in [2.05, 4.69) is 188 Å². The molecule has 0 fully saturated rings. The van der Waals surface area contributed by atoms with Crippen molar-refractivity contribution < 1.29 is 0 Å². The Morgan fingerprint density at radius 3 is 1.48 bits per heavy atom. The fourth-order valence-corrected chi connectivity index (χ4v) is 9.34. The van der Waals surface area contributed by atoms with E-state index >= 15 is 0 Å². The first-order valence-electron chi connectivity index (χ1n) is 19.5. The Morgan fingerprint density at radius 1 is 0.339 bits per heavy atom. The van der Waals surface area contributed by atoms with E-state index in [-0.39, 0.29) is 0 Å². The van der Waals surface area contributed by atoms with Crippen molar-refractivity contribution in [1.29, 1.82) is 0 Å². The van der Waals surface area contributed by atoms with Crippen LogP contribution in [0.4, 0.5) is 5.69 Å². The Bertz CT molecular complexity index is 3030. The molecule has 9 aromatic carbocycles. The minimum Gasteiger partial charge on any atom is -0.399 e. The maximum absolute atomic E-state index is 6.04. The van der Waals surface area contributed by atoms with Gasteiger partial charge >= 0.3 is 0 Å². The molecule has 0 bridgehead atoms. The van der Waals surface area contributed by atoms with Gasteiger partial charge in [-0.25, -0.2) is 0 Å². The van der Waals surface area contributed by atoms with Gasteiger partial charge in [0, 0.05) is 5.69 Å². The maximum Gasteiger partial charge on any atom is 0.0314 e. The van der Waals surface area contributed by atoms with Crippen LogP contribution < -0.4 is 5.73 Å². The van der Waals surface area contributed by atoms with Crippen LogP contribution in [0.5, 0.6) is 0 Å². The molecule has 0 aromatic heterocycles. The molecule has 9 aromatic rings. The molecule has 2 N–H and O–H groups in total. The number of benzene rings is 9. The largest absolute Gasteiger partial charge is 0.399 e. The lowest BCUT2D eigenvalue weighted by Gasteiger charge is -2.20. The van der Waals surface area contributed by atoms with Crippen LogP contribution in [0.15, 0.2) is 200 Å². The van der Waals surface area contributed by atoms with E-state index in [1.54, 1.807) is 0 Å². The van der Waals surface area contributed by atoms with Gasteiger partial charge in [-0.05, 0) is 135 Å². The predicted octanol–water partition coefficient (Wildman–Crippen LogP) is 14.8. The molecule has 0 saturated heterocycles. The van der Waals surface area contributed by atoms with E-state index in [0.29, 0.717) is 0 Å². The molecular weight excluding hydrogens is 675 g/mol. The van der Waals surface area contributed by atoms with Crippen molar-refractivity contribution >= 4 is 49.2 Å². The molecule has 0 atom stereocenters. The predicted molar refractivity (Wildman–Crippen MR) is 240 cm³/mol. The SMILES string of the molecule is Nc1ccc(C2=CCC=CC(c3ccc(-c4ccc5c6c(cccc46)-c4c-5c(-c5ccccc5)c5ccccc5c4-c4ccccc4)c4ccccc34)=C2)cc1. The molecule has 0 spiro atoms. The third-order valence-corrected chi connectivity index (χ3v) is 11.8. The summed E-state index contributed by atoms with van der Waals surface area (Å²) >= 11 is 0. The Morgan fingerprint density at radius 2 is 0.839 bits per heavy atom. The van der Waals surface area contributed by atoms with Crippen LogP contribution in [-0.2, 0) is 0 Å². The van der Waals surface area contributed by atoms with Gasteiger partial charge in [-0.1, -0.05) is 182 Å². The van der Waals surface area contributed by atoms with Gasteiger partial charge < -0.3 is 5.73 Å². The summed E-state index contributed by atoms with van der Waals surface area (Å²) in [5.41, 5.74) is 24.5. The van der Waals surface area contributed by atoms with Crippen LogP contribution in [-0.4, -0.2) is 0 Å². The smallest absolute Gasteiger partial charge is 0.0314 e. The van der Waals surface area contributed by atoms with Gasteiger partial charge in [0.1, 0.15) is 0 Å². The van der Waals surface area contributed by atoms with E-state index in [9.17, 15) is 0 Å². The molecule has 1 nitrogen and oxygen atoms in total.